The van der Waals surface area contributed by atoms with E-state index < -0.39 is 0 Å². The molecule has 0 radical (unpaired) electrons. The maximum absolute atomic E-state index is 4.62. The second kappa shape index (κ2) is 5.58. The van der Waals surface area contributed by atoms with Crippen LogP contribution < -0.4 is 5.32 Å². The number of pyridine rings is 1. The molecule has 0 bridgehead atoms. The number of anilines is 1. The van der Waals surface area contributed by atoms with Gasteiger partial charge < -0.3 is 5.32 Å². The van der Waals surface area contributed by atoms with Gasteiger partial charge in [0, 0.05) is 18.1 Å². The van der Waals surface area contributed by atoms with Crippen molar-refractivity contribution in [1.29, 1.82) is 0 Å². The van der Waals surface area contributed by atoms with Crippen LogP contribution in [-0.2, 0) is 6.54 Å². The molecule has 2 aromatic rings. The summed E-state index contributed by atoms with van der Waals surface area (Å²) < 4.78 is 0. The zero-order valence-corrected chi connectivity index (χ0v) is 11.0. The number of hydrogen-bond acceptors (Lipinski definition) is 4. The third kappa shape index (κ3) is 3.03. The molecule has 2 rings (SSSR count). The summed E-state index contributed by atoms with van der Waals surface area (Å²) >= 11 is 0. The highest BCUT2D eigenvalue weighted by atomic mass is 15.0. The largest absolute Gasteiger partial charge is 0.363 e. The molecule has 1 N–H and O–H groups in total. The van der Waals surface area contributed by atoms with Crippen LogP contribution >= 0.6 is 0 Å². The average molecular weight is 242 g/mol. The van der Waals surface area contributed by atoms with Crippen LogP contribution in [0.5, 0.6) is 0 Å². The summed E-state index contributed by atoms with van der Waals surface area (Å²) in [6.45, 7) is 6.99. The van der Waals surface area contributed by atoms with Gasteiger partial charge in [0.2, 0.25) is 0 Å². The van der Waals surface area contributed by atoms with Gasteiger partial charge in [-0.3, -0.25) is 0 Å². The smallest absolute Gasteiger partial charge is 0.147 e. The van der Waals surface area contributed by atoms with E-state index in [9.17, 15) is 0 Å². The van der Waals surface area contributed by atoms with Crippen molar-refractivity contribution in [2.45, 2.75) is 33.2 Å². The fourth-order valence-corrected chi connectivity index (χ4v) is 1.82. The van der Waals surface area contributed by atoms with E-state index in [2.05, 4.69) is 47.1 Å². The van der Waals surface area contributed by atoms with Crippen molar-refractivity contribution in [3.63, 3.8) is 0 Å². The quantitative estimate of drug-likeness (QED) is 0.895. The highest BCUT2D eigenvalue weighted by molar-refractivity contribution is 5.39. The van der Waals surface area contributed by atoms with Crippen molar-refractivity contribution in [2.24, 2.45) is 0 Å². The molecule has 4 nitrogen and oxygen atoms in total. The fraction of sp³-hybridized carbons (Fsp3) is 0.357. The van der Waals surface area contributed by atoms with Gasteiger partial charge in [0.05, 0.1) is 6.54 Å². The summed E-state index contributed by atoms with van der Waals surface area (Å²) in [6, 6.07) is 5.89. The molecule has 0 saturated carbocycles. The Hall–Kier alpha value is -1.97. The van der Waals surface area contributed by atoms with Gasteiger partial charge in [0.25, 0.3) is 0 Å². The van der Waals surface area contributed by atoms with E-state index in [0.29, 0.717) is 12.5 Å². The van der Waals surface area contributed by atoms with Crippen LogP contribution in [0, 0.1) is 6.92 Å². The molecule has 0 fully saturated rings. The molecule has 0 aliphatic carbocycles. The summed E-state index contributed by atoms with van der Waals surface area (Å²) in [5.74, 6) is 2.07. The van der Waals surface area contributed by atoms with Crippen molar-refractivity contribution in [3.05, 3.63) is 47.7 Å². The second-order valence-corrected chi connectivity index (χ2v) is 4.57. The second-order valence-electron chi connectivity index (χ2n) is 4.57. The first kappa shape index (κ1) is 12.5. The molecule has 0 aromatic carbocycles. The van der Waals surface area contributed by atoms with E-state index >= 15 is 0 Å². The van der Waals surface area contributed by atoms with Crippen molar-refractivity contribution in [1.82, 2.24) is 15.0 Å². The number of hydrogen-bond donors (Lipinski definition) is 1. The molecule has 18 heavy (non-hydrogen) atoms. The van der Waals surface area contributed by atoms with Gasteiger partial charge in [0.1, 0.15) is 11.6 Å². The van der Waals surface area contributed by atoms with Crippen LogP contribution in [0.1, 0.15) is 36.8 Å². The van der Waals surface area contributed by atoms with E-state index in [0.717, 1.165) is 17.3 Å². The number of aromatic nitrogens is 3. The highest BCUT2D eigenvalue weighted by Crippen LogP contribution is 2.18. The maximum atomic E-state index is 4.62. The van der Waals surface area contributed by atoms with E-state index in [1.54, 1.807) is 12.4 Å². The number of rotatable bonds is 4. The Morgan fingerprint density at radius 3 is 2.56 bits per heavy atom. The van der Waals surface area contributed by atoms with Gasteiger partial charge in [-0.2, -0.15) is 0 Å². The lowest BCUT2D eigenvalue weighted by atomic mass is 10.1. The Morgan fingerprint density at radius 2 is 1.89 bits per heavy atom. The first-order chi connectivity index (χ1) is 8.66. The normalized spacial score (nSPS) is 10.7. The SMILES string of the molecule is Cc1ccc(NCc2ncccn2)nc1C(C)C. The van der Waals surface area contributed by atoms with E-state index in [1.807, 2.05) is 12.1 Å². The zero-order valence-electron chi connectivity index (χ0n) is 11.0. The molecule has 0 atom stereocenters. The molecule has 0 spiro atoms. The fourth-order valence-electron chi connectivity index (χ4n) is 1.82. The minimum Gasteiger partial charge on any atom is -0.363 e. The molecule has 2 heterocycles. The zero-order chi connectivity index (χ0) is 13.0. The molecule has 94 valence electrons. The Labute approximate surface area is 108 Å². The summed E-state index contributed by atoms with van der Waals surface area (Å²) in [4.78, 5) is 13.0. The molecular formula is C14H18N4. The first-order valence-corrected chi connectivity index (χ1v) is 6.14. The lowest BCUT2D eigenvalue weighted by molar-refractivity contribution is 0.810. The van der Waals surface area contributed by atoms with Crippen molar-refractivity contribution in [2.75, 3.05) is 5.32 Å². The number of aryl methyl sites for hydroxylation is 1. The molecular weight excluding hydrogens is 224 g/mol. The standard InChI is InChI=1S/C14H18N4/c1-10(2)14-11(3)5-6-12(18-14)17-9-13-15-7-4-8-16-13/h4-8,10H,9H2,1-3H3,(H,17,18). The average Bonchev–Trinajstić information content (AvgIpc) is 2.38. The van der Waals surface area contributed by atoms with Gasteiger partial charge in [-0.1, -0.05) is 19.9 Å². The van der Waals surface area contributed by atoms with E-state index in [4.69, 9.17) is 0 Å². The Morgan fingerprint density at radius 1 is 1.17 bits per heavy atom. The van der Waals surface area contributed by atoms with Crippen LogP contribution in [-0.4, -0.2) is 15.0 Å². The summed E-state index contributed by atoms with van der Waals surface area (Å²) in [7, 11) is 0. The third-order valence-electron chi connectivity index (χ3n) is 2.73. The maximum Gasteiger partial charge on any atom is 0.147 e. The van der Waals surface area contributed by atoms with Gasteiger partial charge >= 0.3 is 0 Å². The molecule has 4 heteroatoms. The lowest BCUT2D eigenvalue weighted by Gasteiger charge is -2.11. The number of nitrogens with one attached hydrogen (secondary N) is 1. The Kier molecular flexibility index (Phi) is 3.87. The minimum absolute atomic E-state index is 0.430. The van der Waals surface area contributed by atoms with Crippen molar-refractivity contribution >= 4 is 5.82 Å². The molecule has 0 unspecified atom stereocenters. The predicted molar refractivity (Wildman–Crippen MR) is 72.4 cm³/mol. The Bertz CT molecular complexity index is 508. The molecule has 0 amide bonds. The first-order valence-electron chi connectivity index (χ1n) is 6.14. The van der Waals surface area contributed by atoms with Crippen LogP contribution in [0.25, 0.3) is 0 Å². The molecule has 2 aromatic heterocycles. The Balaban J connectivity index is 2.08. The van der Waals surface area contributed by atoms with Crippen LogP contribution in [0.3, 0.4) is 0 Å². The van der Waals surface area contributed by atoms with Crippen LogP contribution in [0.15, 0.2) is 30.6 Å². The van der Waals surface area contributed by atoms with Crippen molar-refractivity contribution in [3.8, 4) is 0 Å². The molecule has 0 saturated heterocycles. The minimum atomic E-state index is 0.430. The van der Waals surface area contributed by atoms with Crippen LogP contribution in [0.4, 0.5) is 5.82 Å². The van der Waals surface area contributed by atoms with Gasteiger partial charge in [-0.25, -0.2) is 15.0 Å². The topological polar surface area (TPSA) is 50.7 Å². The summed E-state index contributed by atoms with van der Waals surface area (Å²) in [6.07, 6.45) is 3.48. The highest BCUT2D eigenvalue weighted by Gasteiger charge is 2.06. The van der Waals surface area contributed by atoms with Gasteiger partial charge in [0.15, 0.2) is 0 Å². The van der Waals surface area contributed by atoms with E-state index in [-0.39, 0.29) is 0 Å². The summed E-state index contributed by atoms with van der Waals surface area (Å²) in [5.41, 5.74) is 2.36. The predicted octanol–water partition coefficient (Wildman–Crippen LogP) is 2.92. The third-order valence-corrected chi connectivity index (χ3v) is 2.73. The molecule has 0 aliphatic heterocycles. The van der Waals surface area contributed by atoms with Gasteiger partial charge in [-0.05, 0) is 30.5 Å². The lowest BCUT2D eigenvalue weighted by Crippen LogP contribution is -2.07. The summed E-state index contributed by atoms with van der Waals surface area (Å²) in [5, 5.41) is 3.25. The van der Waals surface area contributed by atoms with E-state index in [1.165, 1.54) is 5.56 Å². The monoisotopic (exact) mass is 242 g/mol. The molecule has 0 aliphatic rings. The van der Waals surface area contributed by atoms with Crippen LogP contribution in [0.2, 0.25) is 0 Å². The van der Waals surface area contributed by atoms with Crippen molar-refractivity contribution < 1.29 is 0 Å². The van der Waals surface area contributed by atoms with Gasteiger partial charge in [-0.15, -0.1) is 0 Å². The number of nitrogens with zero attached hydrogens (tertiary/aromatic N) is 3.